The van der Waals surface area contributed by atoms with E-state index in [1.165, 1.54) is 12.5 Å². The lowest BCUT2D eigenvalue weighted by Crippen LogP contribution is -2.11. The number of carbonyl (C=O) groups is 1. The summed E-state index contributed by atoms with van der Waals surface area (Å²) >= 11 is 5.77. The average Bonchev–Trinajstić information content (AvgIpc) is 2.77. The lowest BCUT2D eigenvalue weighted by atomic mass is 10.3. The largest absolute Gasteiger partial charge is 0.459 e. The van der Waals surface area contributed by atoms with Gasteiger partial charge in [0.1, 0.15) is 5.15 Å². The second-order valence-corrected chi connectivity index (χ2v) is 3.62. The van der Waals surface area contributed by atoms with E-state index in [2.05, 4.69) is 10.3 Å². The van der Waals surface area contributed by atoms with E-state index in [0.29, 0.717) is 10.8 Å². The van der Waals surface area contributed by atoms with Crippen LogP contribution < -0.4 is 5.32 Å². The van der Waals surface area contributed by atoms with E-state index < -0.39 is 0 Å². The quantitative estimate of drug-likeness (QED) is 0.816. The first-order chi connectivity index (χ1) is 7.66. The molecular weight excluding hydrogens is 228 g/mol. The van der Waals surface area contributed by atoms with E-state index in [-0.39, 0.29) is 11.7 Å². The van der Waals surface area contributed by atoms with Crippen LogP contribution in [0.5, 0.6) is 0 Å². The molecule has 0 saturated carbocycles. The maximum atomic E-state index is 11.6. The molecule has 0 radical (unpaired) electrons. The van der Waals surface area contributed by atoms with Crippen molar-refractivity contribution in [3.05, 3.63) is 47.1 Å². The smallest absolute Gasteiger partial charge is 0.291 e. The minimum atomic E-state index is -0.312. The van der Waals surface area contributed by atoms with Crippen LogP contribution in [0.2, 0.25) is 5.15 Å². The SMILES string of the molecule is Cc1cc(NC(=O)c2ccco2)cnc1Cl. The Morgan fingerprint density at radius 3 is 3.00 bits per heavy atom. The molecule has 0 spiro atoms. The van der Waals surface area contributed by atoms with Crippen molar-refractivity contribution in [1.29, 1.82) is 0 Å². The van der Waals surface area contributed by atoms with E-state index in [1.807, 2.05) is 6.92 Å². The summed E-state index contributed by atoms with van der Waals surface area (Å²) in [4.78, 5) is 15.5. The van der Waals surface area contributed by atoms with Gasteiger partial charge in [-0.1, -0.05) is 11.6 Å². The van der Waals surface area contributed by atoms with Gasteiger partial charge in [-0.25, -0.2) is 4.98 Å². The predicted molar refractivity (Wildman–Crippen MR) is 60.6 cm³/mol. The van der Waals surface area contributed by atoms with Crippen molar-refractivity contribution in [1.82, 2.24) is 4.98 Å². The Kier molecular flexibility index (Phi) is 2.92. The van der Waals surface area contributed by atoms with Crippen LogP contribution in [0.1, 0.15) is 16.1 Å². The van der Waals surface area contributed by atoms with Crippen molar-refractivity contribution in [3.63, 3.8) is 0 Å². The number of amides is 1. The van der Waals surface area contributed by atoms with E-state index >= 15 is 0 Å². The van der Waals surface area contributed by atoms with Crippen LogP contribution in [0.15, 0.2) is 35.1 Å². The number of pyridine rings is 1. The maximum Gasteiger partial charge on any atom is 0.291 e. The van der Waals surface area contributed by atoms with Gasteiger partial charge in [0, 0.05) is 0 Å². The molecule has 16 heavy (non-hydrogen) atoms. The molecule has 0 fully saturated rings. The van der Waals surface area contributed by atoms with Gasteiger partial charge in [-0.3, -0.25) is 4.79 Å². The first kappa shape index (κ1) is 10.7. The van der Waals surface area contributed by atoms with Crippen LogP contribution in [0, 0.1) is 6.92 Å². The van der Waals surface area contributed by atoms with Crippen LogP contribution >= 0.6 is 11.6 Å². The van der Waals surface area contributed by atoms with Crippen molar-refractivity contribution in [3.8, 4) is 0 Å². The fourth-order valence-corrected chi connectivity index (χ4v) is 1.33. The molecule has 82 valence electrons. The summed E-state index contributed by atoms with van der Waals surface area (Å²) in [6.07, 6.45) is 2.94. The Morgan fingerprint density at radius 1 is 1.56 bits per heavy atom. The number of hydrogen-bond acceptors (Lipinski definition) is 3. The molecule has 2 heterocycles. The highest BCUT2D eigenvalue weighted by molar-refractivity contribution is 6.30. The third-order valence-corrected chi connectivity index (χ3v) is 2.41. The fourth-order valence-electron chi connectivity index (χ4n) is 1.23. The van der Waals surface area contributed by atoms with Crippen molar-refractivity contribution in [2.24, 2.45) is 0 Å². The van der Waals surface area contributed by atoms with Crippen molar-refractivity contribution >= 4 is 23.2 Å². The highest BCUT2D eigenvalue weighted by Crippen LogP contribution is 2.16. The van der Waals surface area contributed by atoms with Gasteiger partial charge >= 0.3 is 0 Å². The molecule has 4 nitrogen and oxygen atoms in total. The van der Waals surface area contributed by atoms with Crippen LogP contribution in [-0.2, 0) is 0 Å². The molecule has 0 aliphatic heterocycles. The summed E-state index contributed by atoms with van der Waals surface area (Å²) in [6.45, 7) is 1.82. The summed E-state index contributed by atoms with van der Waals surface area (Å²) in [6, 6.07) is 4.99. The maximum absolute atomic E-state index is 11.6. The second-order valence-electron chi connectivity index (χ2n) is 3.26. The number of furan rings is 1. The molecule has 1 amide bonds. The molecule has 0 aromatic carbocycles. The fraction of sp³-hybridized carbons (Fsp3) is 0.0909. The Hall–Kier alpha value is -1.81. The highest BCUT2D eigenvalue weighted by Gasteiger charge is 2.09. The van der Waals surface area contributed by atoms with Gasteiger partial charge in [-0.15, -0.1) is 0 Å². The molecular formula is C11H9ClN2O2. The number of nitrogens with one attached hydrogen (secondary N) is 1. The summed E-state index contributed by atoms with van der Waals surface area (Å²) in [5.41, 5.74) is 1.39. The van der Waals surface area contributed by atoms with Gasteiger partial charge in [-0.2, -0.15) is 0 Å². The van der Waals surface area contributed by atoms with Gasteiger partial charge in [0.25, 0.3) is 5.91 Å². The van der Waals surface area contributed by atoms with Crippen LogP contribution in [0.25, 0.3) is 0 Å². The monoisotopic (exact) mass is 236 g/mol. The van der Waals surface area contributed by atoms with Gasteiger partial charge < -0.3 is 9.73 Å². The van der Waals surface area contributed by atoms with Crippen LogP contribution in [0.3, 0.4) is 0 Å². The number of hydrogen-bond donors (Lipinski definition) is 1. The topological polar surface area (TPSA) is 55.1 Å². The molecule has 0 saturated heterocycles. The number of carbonyl (C=O) groups excluding carboxylic acids is 1. The molecule has 0 aliphatic carbocycles. The molecule has 2 aromatic heterocycles. The third kappa shape index (κ3) is 2.23. The van der Waals surface area contributed by atoms with E-state index in [1.54, 1.807) is 18.2 Å². The van der Waals surface area contributed by atoms with Crippen molar-refractivity contribution in [2.45, 2.75) is 6.92 Å². The number of halogens is 1. The van der Waals surface area contributed by atoms with Gasteiger partial charge in [0.15, 0.2) is 5.76 Å². The molecule has 2 aromatic rings. The summed E-state index contributed by atoms with van der Waals surface area (Å²) in [7, 11) is 0. The summed E-state index contributed by atoms with van der Waals surface area (Å²) < 4.78 is 4.96. The molecule has 1 N–H and O–H groups in total. The summed E-state index contributed by atoms with van der Waals surface area (Å²) in [5, 5.41) is 3.09. The third-order valence-electron chi connectivity index (χ3n) is 2.02. The highest BCUT2D eigenvalue weighted by atomic mass is 35.5. The Balaban J connectivity index is 2.15. The minimum absolute atomic E-state index is 0.257. The average molecular weight is 237 g/mol. The molecule has 5 heteroatoms. The lowest BCUT2D eigenvalue weighted by molar-refractivity contribution is 0.0996. The first-order valence-electron chi connectivity index (χ1n) is 4.64. The lowest BCUT2D eigenvalue weighted by Gasteiger charge is -2.04. The van der Waals surface area contributed by atoms with Gasteiger partial charge in [-0.05, 0) is 30.7 Å². The van der Waals surface area contributed by atoms with Crippen molar-refractivity contribution in [2.75, 3.05) is 5.32 Å². The predicted octanol–water partition coefficient (Wildman–Crippen LogP) is 2.89. The number of rotatable bonds is 2. The van der Waals surface area contributed by atoms with E-state index in [0.717, 1.165) is 5.56 Å². The van der Waals surface area contributed by atoms with Crippen molar-refractivity contribution < 1.29 is 9.21 Å². The molecule has 0 atom stereocenters. The Morgan fingerprint density at radius 2 is 2.38 bits per heavy atom. The van der Waals surface area contributed by atoms with Crippen LogP contribution in [0.4, 0.5) is 5.69 Å². The number of nitrogens with zero attached hydrogens (tertiary/aromatic N) is 1. The molecule has 2 rings (SSSR count). The zero-order chi connectivity index (χ0) is 11.5. The number of aromatic nitrogens is 1. The van der Waals surface area contributed by atoms with E-state index in [4.69, 9.17) is 16.0 Å². The number of aryl methyl sites for hydroxylation is 1. The zero-order valence-electron chi connectivity index (χ0n) is 8.53. The zero-order valence-corrected chi connectivity index (χ0v) is 9.28. The normalized spacial score (nSPS) is 10.1. The molecule has 0 aliphatic rings. The van der Waals surface area contributed by atoms with Gasteiger partial charge in [0.2, 0.25) is 0 Å². The first-order valence-corrected chi connectivity index (χ1v) is 5.01. The Labute approximate surface area is 97.2 Å². The molecule has 0 unspecified atom stereocenters. The standard InChI is InChI=1S/C11H9ClN2O2/c1-7-5-8(6-13-10(7)12)14-11(15)9-3-2-4-16-9/h2-6H,1H3,(H,14,15). The second kappa shape index (κ2) is 4.37. The Bertz CT molecular complexity index is 509. The van der Waals surface area contributed by atoms with E-state index in [9.17, 15) is 4.79 Å². The van der Waals surface area contributed by atoms with Gasteiger partial charge in [0.05, 0.1) is 18.1 Å². The minimum Gasteiger partial charge on any atom is -0.459 e. The number of anilines is 1. The molecule has 0 bridgehead atoms. The summed E-state index contributed by atoms with van der Waals surface area (Å²) in [5.74, 6) is -0.0545. The van der Waals surface area contributed by atoms with Crippen LogP contribution in [-0.4, -0.2) is 10.9 Å².